The molecule has 0 N–H and O–H groups in total. The summed E-state index contributed by atoms with van der Waals surface area (Å²) in [5.74, 6) is 0. The lowest BCUT2D eigenvalue weighted by atomic mass is 9.97. The molecule has 258 valence electrons. The van der Waals surface area contributed by atoms with Crippen molar-refractivity contribution in [2.24, 2.45) is 0 Å². The number of furan rings is 1. The highest BCUT2D eigenvalue weighted by Crippen LogP contribution is 2.50. The Labute approximate surface area is 322 Å². The van der Waals surface area contributed by atoms with Crippen molar-refractivity contribution in [3.8, 4) is 33.4 Å². The second-order valence-electron chi connectivity index (χ2n) is 14.1. The molecule has 2 heterocycles. The van der Waals surface area contributed by atoms with E-state index in [1.165, 1.54) is 64.3 Å². The van der Waals surface area contributed by atoms with Crippen molar-refractivity contribution in [3.05, 3.63) is 200 Å². The normalized spacial score (nSPS) is 11.6. The minimum atomic E-state index is 0.872. The van der Waals surface area contributed by atoms with Gasteiger partial charge in [-0.25, -0.2) is 0 Å². The highest BCUT2D eigenvalue weighted by atomic mass is 32.1. The van der Waals surface area contributed by atoms with Gasteiger partial charge in [0.2, 0.25) is 0 Å². The molecule has 0 bridgehead atoms. The molecule has 0 amide bonds. The predicted octanol–water partition coefficient (Wildman–Crippen LogP) is 15.6. The lowest BCUT2D eigenvalue weighted by molar-refractivity contribution is 0.669. The smallest absolute Gasteiger partial charge is 0.137 e. The van der Waals surface area contributed by atoms with Gasteiger partial charge in [0.15, 0.2) is 0 Å². The van der Waals surface area contributed by atoms with Gasteiger partial charge in [-0.15, -0.1) is 11.3 Å². The average molecular weight is 720 g/mol. The number of para-hydroxylation sites is 1. The second kappa shape index (κ2) is 12.9. The van der Waals surface area contributed by atoms with Crippen LogP contribution in [0.5, 0.6) is 0 Å². The number of hydrogen-bond donors (Lipinski definition) is 0. The van der Waals surface area contributed by atoms with Crippen LogP contribution in [0.3, 0.4) is 0 Å². The van der Waals surface area contributed by atoms with Crippen molar-refractivity contribution in [2.45, 2.75) is 0 Å². The maximum Gasteiger partial charge on any atom is 0.137 e. The summed E-state index contributed by atoms with van der Waals surface area (Å²) in [7, 11) is 0. The van der Waals surface area contributed by atoms with Crippen LogP contribution in [0.2, 0.25) is 0 Å². The van der Waals surface area contributed by atoms with Crippen molar-refractivity contribution < 1.29 is 4.42 Å². The van der Waals surface area contributed by atoms with Gasteiger partial charge in [-0.1, -0.05) is 152 Å². The van der Waals surface area contributed by atoms with Gasteiger partial charge in [0, 0.05) is 49.2 Å². The summed E-state index contributed by atoms with van der Waals surface area (Å²) >= 11 is 1.86. The fourth-order valence-corrected chi connectivity index (χ4v) is 9.38. The molecule has 11 aromatic rings. The Kier molecular flexibility index (Phi) is 7.39. The van der Waals surface area contributed by atoms with E-state index >= 15 is 0 Å². The highest BCUT2D eigenvalue weighted by molar-refractivity contribution is 7.26. The quantitative estimate of drug-likeness (QED) is 0.170. The molecular weight excluding hydrogens is 687 g/mol. The summed E-state index contributed by atoms with van der Waals surface area (Å²) in [6.07, 6.45) is 0. The number of rotatable bonds is 6. The van der Waals surface area contributed by atoms with E-state index in [-0.39, 0.29) is 0 Å². The molecule has 0 aliphatic carbocycles. The number of nitrogens with zero attached hydrogens (tertiary/aromatic N) is 1. The largest absolute Gasteiger partial charge is 0.456 e. The van der Waals surface area contributed by atoms with Crippen LogP contribution in [-0.4, -0.2) is 0 Å². The first kappa shape index (κ1) is 31.6. The third-order valence-corrected chi connectivity index (χ3v) is 12.1. The Balaban J connectivity index is 1.07. The molecule has 3 heteroatoms. The molecule has 2 aromatic heterocycles. The maximum absolute atomic E-state index is 6.48. The molecule has 2 nitrogen and oxygen atoms in total. The van der Waals surface area contributed by atoms with Gasteiger partial charge in [-0.05, 0) is 81.1 Å². The lowest BCUT2D eigenvalue weighted by Gasteiger charge is -2.29. The minimum Gasteiger partial charge on any atom is -0.456 e. The molecule has 0 aliphatic heterocycles. The molecule has 0 atom stereocenters. The van der Waals surface area contributed by atoms with Crippen molar-refractivity contribution in [1.82, 2.24) is 0 Å². The zero-order valence-corrected chi connectivity index (χ0v) is 30.6. The van der Waals surface area contributed by atoms with Crippen LogP contribution in [0.25, 0.3) is 86.3 Å². The van der Waals surface area contributed by atoms with Gasteiger partial charge >= 0.3 is 0 Å². The summed E-state index contributed by atoms with van der Waals surface area (Å²) in [6.45, 7) is 0. The fraction of sp³-hybridized carbons (Fsp3) is 0. The molecule has 0 fully saturated rings. The molecule has 0 saturated carbocycles. The van der Waals surface area contributed by atoms with E-state index in [0.717, 1.165) is 39.0 Å². The Morgan fingerprint density at radius 1 is 0.364 bits per heavy atom. The zero-order valence-electron chi connectivity index (χ0n) is 29.8. The number of fused-ring (bicyclic) bond motifs is 7. The zero-order chi connectivity index (χ0) is 36.3. The SMILES string of the molecule is c1ccc(-c2ccc3c(sc4ccccc43)c2N(c2ccc(-c3ccc(-c4ccc5ccccc5c4)cc3)cc2)c2ccc3c(c2)oc2ccccc23)cc1. The van der Waals surface area contributed by atoms with Crippen molar-refractivity contribution >= 4 is 81.3 Å². The second-order valence-corrected chi connectivity index (χ2v) is 15.2. The Bertz CT molecular complexity index is 3190. The van der Waals surface area contributed by atoms with Crippen molar-refractivity contribution in [2.75, 3.05) is 4.90 Å². The number of thiophene rings is 1. The van der Waals surface area contributed by atoms with Gasteiger partial charge in [0.1, 0.15) is 11.2 Å². The predicted molar refractivity (Wildman–Crippen MR) is 235 cm³/mol. The summed E-state index contributed by atoms with van der Waals surface area (Å²) in [6, 6.07) is 72.2. The molecular formula is C52H33NOS. The molecule has 0 saturated heterocycles. The van der Waals surface area contributed by atoms with Gasteiger partial charge < -0.3 is 9.32 Å². The minimum absolute atomic E-state index is 0.872. The van der Waals surface area contributed by atoms with E-state index in [0.29, 0.717) is 0 Å². The maximum atomic E-state index is 6.48. The first-order valence-corrected chi connectivity index (χ1v) is 19.5. The van der Waals surface area contributed by atoms with E-state index in [1.807, 2.05) is 23.5 Å². The first-order chi connectivity index (χ1) is 27.2. The molecule has 0 radical (unpaired) electrons. The average Bonchev–Trinajstić information content (AvgIpc) is 3.83. The third-order valence-electron chi connectivity index (χ3n) is 10.9. The summed E-state index contributed by atoms with van der Waals surface area (Å²) < 4.78 is 9.01. The van der Waals surface area contributed by atoms with Crippen LogP contribution in [0.15, 0.2) is 205 Å². The molecule has 9 aromatic carbocycles. The van der Waals surface area contributed by atoms with Crippen LogP contribution >= 0.6 is 11.3 Å². The molecule has 0 spiro atoms. The van der Waals surface area contributed by atoms with E-state index in [2.05, 4.69) is 193 Å². The number of benzene rings is 9. The van der Waals surface area contributed by atoms with Gasteiger partial charge in [-0.3, -0.25) is 0 Å². The summed E-state index contributed by atoms with van der Waals surface area (Å²) in [4.78, 5) is 2.43. The lowest BCUT2D eigenvalue weighted by Crippen LogP contribution is -2.11. The van der Waals surface area contributed by atoms with Crippen LogP contribution in [0.1, 0.15) is 0 Å². The van der Waals surface area contributed by atoms with E-state index in [9.17, 15) is 0 Å². The van der Waals surface area contributed by atoms with E-state index in [1.54, 1.807) is 0 Å². The summed E-state index contributed by atoms with van der Waals surface area (Å²) in [5.41, 5.74) is 12.2. The fourth-order valence-electron chi connectivity index (χ4n) is 8.14. The van der Waals surface area contributed by atoms with Crippen molar-refractivity contribution in [1.29, 1.82) is 0 Å². The third kappa shape index (κ3) is 5.40. The van der Waals surface area contributed by atoms with Gasteiger partial charge in [0.25, 0.3) is 0 Å². The summed E-state index contributed by atoms with van der Waals surface area (Å²) in [5, 5.41) is 7.29. The van der Waals surface area contributed by atoms with Crippen molar-refractivity contribution in [3.63, 3.8) is 0 Å². The standard InChI is InChI=1S/C52H33NOS/c1-2-11-38(12-3-1)43-30-31-47-46-15-7-9-17-50(46)55-52(47)51(43)53(42-28-29-45-44-14-6-8-16-48(44)54-49(45)33-42)41-26-24-36(25-27-41)35-18-20-37(21-19-35)40-23-22-34-10-4-5-13-39(34)32-40/h1-33H. The van der Waals surface area contributed by atoms with Crippen LogP contribution in [-0.2, 0) is 0 Å². The van der Waals surface area contributed by atoms with Gasteiger partial charge in [0.05, 0.1) is 10.4 Å². The first-order valence-electron chi connectivity index (χ1n) is 18.7. The van der Waals surface area contributed by atoms with E-state index in [4.69, 9.17) is 4.42 Å². The Morgan fingerprint density at radius 3 is 1.78 bits per heavy atom. The van der Waals surface area contributed by atoms with Crippen LogP contribution < -0.4 is 4.90 Å². The van der Waals surface area contributed by atoms with E-state index < -0.39 is 0 Å². The molecule has 0 aliphatic rings. The number of anilines is 3. The monoisotopic (exact) mass is 719 g/mol. The molecule has 0 unspecified atom stereocenters. The van der Waals surface area contributed by atoms with Gasteiger partial charge in [-0.2, -0.15) is 0 Å². The number of hydrogen-bond acceptors (Lipinski definition) is 3. The topological polar surface area (TPSA) is 16.4 Å². The molecule has 55 heavy (non-hydrogen) atoms. The van der Waals surface area contributed by atoms with Crippen LogP contribution in [0, 0.1) is 0 Å². The Morgan fingerprint density at radius 2 is 0.964 bits per heavy atom. The molecule has 11 rings (SSSR count). The van der Waals surface area contributed by atoms with Crippen LogP contribution in [0.4, 0.5) is 17.1 Å². The Hall–Kier alpha value is -6.94. The highest BCUT2D eigenvalue weighted by Gasteiger charge is 2.23.